The van der Waals surface area contributed by atoms with Crippen molar-refractivity contribution < 1.29 is 14.4 Å². The Morgan fingerprint density at radius 2 is 1.85 bits per heavy atom. The van der Waals surface area contributed by atoms with Crippen LogP contribution in [0, 0.1) is 0 Å². The molecule has 152 valence electrons. The molecule has 0 aromatic heterocycles. The molecule has 2 heterocycles. The minimum Gasteiger partial charge on any atom is -0.328 e. The van der Waals surface area contributed by atoms with Crippen molar-refractivity contribution in [3.63, 3.8) is 0 Å². The number of imide groups is 1. The smallest absolute Gasteiger partial charge is 0.327 e. The Morgan fingerprint density at radius 3 is 2.48 bits per heavy atom. The van der Waals surface area contributed by atoms with Crippen molar-refractivity contribution in [1.82, 2.24) is 20.0 Å². The number of piperazine rings is 1. The van der Waals surface area contributed by atoms with Gasteiger partial charge in [-0.25, -0.2) is 4.79 Å². The van der Waals surface area contributed by atoms with Gasteiger partial charge in [-0.15, -0.1) is 0 Å². The summed E-state index contributed by atoms with van der Waals surface area (Å²) in [5.41, 5.74) is 0.872. The van der Waals surface area contributed by atoms with Crippen LogP contribution in [0.5, 0.6) is 0 Å². The number of amides is 4. The number of urea groups is 1. The van der Waals surface area contributed by atoms with Crippen LogP contribution in [0.25, 0.3) is 0 Å². The van der Waals surface area contributed by atoms with Gasteiger partial charge in [-0.1, -0.05) is 45.6 Å². The molecule has 7 nitrogen and oxygen atoms in total. The molecule has 2 aliphatic heterocycles. The molecule has 0 bridgehead atoms. The average molecular weight is 379 g/mol. The Hall–Kier alpha value is -1.89. The number of carbonyl (C=O) groups excluding carboxylic acids is 3. The SMILES string of the molecule is CCCCCCN(CCCC)C(=O)N1CC(=O)N(C)C(C2=CCNC2)C1=O. The van der Waals surface area contributed by atoms with Gasteiger partial charge in [0.05, 0.1) is 0 Å². The number of carbonyl (C=O) groups is 3. The van der Waals surface area contributed by atoms with Gasteiger partial charge in [0, 0.05) is 33.2 Å². The molecule has 2 aliphatic rings. The van der Waals surface area contributed by atoms with Gasteiger partial charge in [0.15, 0.2) is 0 Å². The first-order valence-electron chi connectivity index (χ1n) is 10.3. The van der Waals surface area contributed by atoms with Crippen LogP contribution in [0.1, 0.15) is 52.4 Å². The Kier molecular flexibility index (Phi) is 8.28. The van der Waals surface area contributed by atoms with Crippen molar-refractivity contribution in [2.24, 2.45) is 0 Å². The quantitative estimate of drug-likeness (QED) is 0.492. The summed E-state index contributed by atoms with van der Waals surface area (Å²) in [5, 5.41) is 3.16. The second-order valence-electron chi connectivity index (χ2n) is 7.43. The van der Waals surface area contributed by atoms with Crippen molar-refractivity contribution >= 4 is 17.8 Å². The lowest BCUT2D eigenvalue weighted by atomic mass is 10.0. The lowest BCUT2D eigenvalue weighted by molar-refractivity contribution is -0.150. The third-order valence-corrected chi connectivity index (χ3v) is 5.33. The van der Waals surface area contributed by atoms with E-state index < -0.39 is 6.04 Å². The van der Waals surface area contributed by atoms with E-state index in [0.29, 0.717) is 26.2 Å². The summed E-state index contributed by atoms with van der Waals surface area (Å²) in [5.74, 6) is -0.478. The highest BCUT2D eigenvalue weighted by molar-refractivity contribution is 6.06. The number of nitrogens with zero attached hydrogens (tertiary/aromatic N) is 3. The van der Waals surface area contributed by atoms with Crippen LogP contribution in [-0.4, -0.2) is 78.4 Å². The molecule has 1 N–H and O–H groups in total. The van der Waals surface area contributed by atoms with Crippen LogP contribution in [0.4, 0.5) is 4.79 Å². The van der Waals surface area contributed by atoms with Crippen LogP contribution in [0.15, 0.2) is 11.6 Å². The minimum absolute atomic E-state index is 0.164. The second kappa shape index (κ2) is 10.4. The Balaban J connectivity index is 2.11. The summed E-state index contributed by atoms with van der Waals surface area (Å²) in [7, 11) is 1.64. The van der Waals surface area contributed by atoms with Gasteiger partial charge in [0.1, 0.15) is 12.6 Å². The molecule has 1 atom stereocenters. The van der Waals surface area contributed by atoms with Gasteiger partial charge in [-0.05, 0) is 18.4 Å². The maximum atomic E-state index is 13.1. The molecule has 0 aromatic rings. The maximum absolute atomic E-state index is 13.1. The van der Waals surface area contributed by atoms with E-state index in [-0.39, 0.29) is 24.4 Å². The highest BCUT2D eigenvalue weighted by Crippen LogP contribution is 2.21. The zero-order valence-corrected chi connectivity index (χ0v) is 17.0. The Labute approximate surface area is 162 Å². The largest absolute Gasteiger partial charge is 0.328 e. The molecule has 1 fully saturated rings. The molecule has 0 aliphatic carbocycles. The van der Waals surface area contributed by atoms with Gasteiger partial charge in [0.2, 0.25) is 5.91 Å². The predicted molar refractivity (Wildman–Crippen MR) is 105 cm³/mol. The van der Waals surface area contributed by atoms with Gasteiger partial charge >= 0.3 is 6.03 Å². The average Bonchev–Trinajstić information content (AvgIpc) is 3.18. The molecule has 7 heteroatoms. The third-order valence-electron chi connectivity index (χ3n) is 5.33. The van der Waals surface area contributed by atoms with Crippen molar-refractivity contribution in [3.8, 4) is 0 Å². The van der Waals surface area contributed by atoms with E-state index in [4.69, 9.17) is 0 Å². The van der Waals surface area contributed by atoms with E-state index in [1.54, 1.807) is 11.9 Å². The van der Waals surface area contributed by atoms with Crippen molar-refractivity contribution in [1.29, 1.82) is 0 Å². The molecule has 1 saturated heterocycles. The van der Waals surface area contributed by atoms with E-state index in [1.165, 1.54) is 9.80 Å². The lowest BCUT2D eigenvalue weighted by Gasteiger charge is -2.39. The highest BCUT2D eigenvalue weighted by atomic mass is 16.2. The Morgan fingerprint density at radius 1 is 1.15 bits per heavy atom. The highest BCUT2D eigenvalue weighted by Gasteiger charge is 2.43. The monoisotopic (exact) mass is 378 g/mol. The summed E-state index contributed by atoms with van der Waals surface area (Å²) in [6.45, 7) is 6.61. The van der Waals surface area contributed by atoms with E-state index in [2.05, 4.69) is 19.2 Å². The van der Waals surface area contributed by atoms with Crippen LogP contribution in [-0.2, 0) is 9.59 Å². The zero-order chi connectivity index (χ0) is 19.8. The molecule has 0 spiro atoms. The summed E-state index contributed by atoms with van der Waals surface area (Å²) >= 11 is 0. The molecule has 0 saturated carbocycles. The standard InChI is InChI=1S/C20H34N4O3/c1-4-6-8-9-13-23(12-7-5-2)20(27)24-15-17(25)22(3)18(19(24)26)16-10-11-21-14-16/h10,18,21H,4-9,11-15H2,1-3H3. The number of nitrogens with one attached hydrogen (secondary N) is 1. The van der Waals surface area contributed by atoms with Crippen LogP contribution in [0.2, 0.25) is 0 Å². The first-order valence-corrected chi connectivity index (χ1v) is 10.3. The van der Waals surface area contributed by atoms with Crippen molar-refractivity contribution in [2.75, 3.05) is 39.8 Å². The molecule has 4 amide bonds. The molecule has 0 aromatic carbocycles. The summed E-state index contributed by atoms with van der Waals surface area (Å²) in [4.78, 5) is 43.1. The van der Waals surface area contributed by atoms with Gasteiger partial charge < -0.3 is 15.1 Å². The molecule has 1 unspecified atom stereocenters. The molecular formula is C20H34N4O3. The fraction of sp³-hybridized carbons (Fsp3) is 0.750. The van der Waals surface area contributed by atoms with Crippen molar-refractivity contribution in [2.45, 2.75) is 58.4 Å². The topological polar surface area (TPSA) is 73.0 Å². The fourth-order valence-corrected chi connectivity index (χ4v) is 3.60. The van der Waals surface area contributed by atoms with Gasteiger partial charge in [0.25, 0.3) is 5.91 Å². The molecule has 2 rings (SSSR count). The maximum Gasteiger partial charge on any atom is 0.327 e. The van der Waals surface area contributed by atoms with Crippen LogP contribution in [0.3, 0.4) is 0 Å². The first-order chi connectivity index (χ1) is 13.0. The van der Waals surface area contributed by atoms with E-state index in [0.717, 1.165) is 44.1 Å². The fourth-order valence-electron chi connectivity index (χ4n) is 3.60. The van der Waals surface area contributed by atoms with Crippen LogP contribution < -0.4 is 5.32 Å². The van der Waals surface area contributed by atoms with Gasteiger partial charge in [-0.2, -0.15) is 0 Å². The lowest BCUT2D eigenvalue weighted by Crippen LogP contribution is -2.63. The number of hydrogen-bond donors (Lipinski definition) is 1. The normalized spacial score (nSPS) is 20.3. The number of unbranched alkanes of at least 4 members (excludes halogenated alkanes) is 4. The summed E-state index contributed by atoms with van der Waals surface area (Å²) in [6, 6.07) is -0.985. The summed E-state index contributed by atoms with van der Waals surface area (Å²) in [6.07, 6.45) is 8.11. The molecule has 27 heavy (non-hydrogen) atoms. The predicted octanol–water partition coefficient (Wildman–Crippen LogP) is 1.99. The number of likely N-dealkylation sites (N-methyl/N-ethyl adjacent to an activating group) is 1. The second-order valence-corrected chi connectivity index (χ2v) is 7.43. The minimum atomic E-state index is -0.668. The number of rotatable bonds is 9. The number of hydrogen-bond acceptors (Lipinski definition) is 4. The van der Waals surface area contributed by atoms with Crippen molar-refractivity contribution in [3.05, 3.63) is 11.6 Å². The Bertz CT molecular complexity index is 576. The van der Waals surface area contributed by atoms with E-state index in [1.807, 2.05) is 6.08 Å². The molecule has 0 radical (unpaired) electrons. The first kappa shape index (κ1) is 21.4. The molecular weight excluding hydrogens is 344 g/mol. The van der Waals surface area contributed by atoms with E-state index in [9.17, 15) is 14.4 Å². The zero-order valence-electron chi connectivity index (χ0n) is 17.0. The van der Waals surface area contributed by atoms with Crippen LogP contribution >= 0.6 is 0 Å². The third kappa shape index (κ3) is 5.31. The van der Waals surface area contributed by atoms with E-state index >= 15 is 0 Å². The summed E-state index contributed by atoms with van der Waals surface area (Å²) < 4.78 is 0. The van der Waals surface area contributed by atoms with Gasteiger partial charge in [-0.3, -0.25) is 14.5 Å².